The number of halogens is 1. The molecule has 0 unspecified atom stereocenters. The zero-order chi connectivity index (χ0) is 23.7. The summed E-state index contributed by atoms with van der Waals surface area (Å²) in [5.41, 5.74) is 8.51. The Bertz CT molecular complexity index is 1430. The van der Waals surface area contributed by atoms with Gasteiger partial charge in [-0.25, -0.2) is 9.36 Å². The molecule has 0 spiro atoms. The van der Waals surface area contributed by atoms with Crippen LogP contribution in [0.3, 0.4) is 0 Å². The maximum absolute atomic E-state index is 13.9. The number of aromatic nitrogens is 2. The van der Waals surface area contributed by atoms with Gasteiger partial charge in [-0.05, 0) is 23.3 Å². The minimum Gasteiger partial charge on any atom is -0.368 e. The molecule has 0 bridgehead atoms. The monoisotopic (exact) mass is 475 g/mol. The molecule has 3 N–H and O–H groups in total. The molecule has 0 saturated carbocycles. The minimum atomic E-state index is -0.917. The fourth-order valence-corrected chi connectivity index (χ4v) is 4.78. The standard InChI is InChI=1S/C26H26ClN5O2/c27-20-15-21(30-13-11-29-12-14-30)23-22(16-20)31(17-18-7-3-1-4-8-18)26(34)32(25(23)33)24(28)19-9-5-2-6-10-19/h1-10,15-16,24,29H,11-14,17,28H2/t24-/m0/s1. The van der Waals surface area contributed by atoms with Crippen molar-refractivity contribution in [2.75, 3.05) is 31.1 Å². The Labute approximate surface area is 202 Å². The number of hydrogen-bond donors (Lipinski definition) is 2. The van der Waals surface area contributed by atoms with Crippen LogP contribution in [0.4, 0.5) is 5.69 Å². The van der Waals surface area contributed by atoms with Gasteiger partial charge < -0.3 is 16.0 Å². The predicted molar refractivity (Wildman–Crippen MR) is 137 cm³/mol. The Morgan fingerprint density at radius 1 is 0.941 bits per heavy atom. The molecule has 1 saturated heterocycles. The summed E-state index contributed by atoms with van der Waals surface area (Å²) < 4.78 is 2.77. The Morgan fingerprint density at radius 3 is 2.26 bits per heavy atom. The highest BCUT2D eigenvalue weighted by molar-refractivity contribution is 6.31. The highest BCUT2D eigenvalue weighted by Crippen LogP contribution is 2.29. The lowest BCUT2D eigenvalue weighted by molar-refractivity contribution is 0.531. The van der Waals surface area contributed by atoms with E-state index in [2.05, 4.69) is 10.2 Å². The minimum absolute atomic E-state index is 0.291. The summed E-state index contributed by atoms with van der Waals surface area (Å²) in [6, 6.07) is 22.4. The number of anilines is 1. The first-order valence-corrected chi connectivity index (χ1v) is 11.7. The predicted octanol–water partition coefficient (Wildman–Crippen LogP) is 2.78. The number of nitrogens with zero attached hydrogens (tertiary/aromatic N) is 3. The number of nitrogens with one attached hydrogen (secondary N) is 1. The zero-order valence-corrected chi connectivity index (χ0v) is 19.4. The van der Waals surface area contributed by atoms with Crippen LogP contribution in [0.15, 0.2) is 82.4 Å². The molecule has 3 aromatic carbocycles. The molecular formula is C26H26ClN5O2. The maximum Gasteiger partial charge on any atom is 0.333 e. The van der Waals surface area contributed by atoms with Crippen LogP contribution in [0.1, 0.15) is 17.3 Å². The summed E-state index contributed by atoms with van der Waals surface area (Å²) in [5.74, 6) is 0. The van der Waals surface area contributed by atoms with Gasteiger partial charge in [-0.3, -0.25) is 9.36 Å². The Hall–Kier alpha value is -3.39. The van der Waals surface area contributed by atoms with Crippen molar-refractivity contribution in [3.63, 3.8) is 0 Å². The molecule has 7 nitrogen and oxygen atoms in total. The number of hydrogen-bond acceptors (Lipinski definition) is 5. The van der Waals surface area contributed by atoms with Gasteiger partial charge in [0.15, 0.2) is 0 Å². The van der Waals surface area contributed by atoms with E-state index in [0.29, 0.717) is 28.0 Å². The third kappa shape index (κ3) is 4.14. The molecule has 0 aliphatic carbocycles. The van der Waals surface area contributed by atoms with E-state index >= 15 is 0 Å². The Kier molecular flexibility index (Phi) is 6.24. The molecule has 34 heavy (non-hydrogen) atoms. The molecule has 0 amide bonds. The van der Waals surface area contributed by atoms with Crippen LogP contribution in [-0.2, 0) is 6.54 Å². The fraction of sp³-hybridized carbons (Fsp3) is 0.231. The summed E-state index contributed by atoms with van der Waals surface area (Å²) in [6.07, 6.45) is -0.917. The van der Waals surface area contributed by atoms with E-state index in [-0.39, 0.29) is 0 Å². The van der Waals surface area contributed by atoms with E-state index < -0.39 is 17.4 Å². The van der Waals surface area contributed by atoms with Crippen LogP contribution >= 0.6 is 11.6 Å². The molecule has 1 aromatic heterocycles. The second kappa shape index (κ2) is 9.46. The van der Waals surface area contributed by atoms with Gasteiger partial charge in [0.1, 0.15) is 6.17 Å². The Morgan fingerprint density at radius 2 is 1.59 bits per heavy atom. The molecule has 8 heteroatoms. The second-order valence-corrected chi connectivity index (χ2v) is 8.88. The molecular weight excluding hydrogens is 450 g/mol. The van der Waals surface area contributed by atoms with E-state index in [9.17, 15) is 9.59 Å². The van der Waals surface area contributed by atoms with E-state index in [1.54, 1.807) is 10.6 Å². The third-order valence-electron chi connectivity index (χ3n) is 6.28. The molecule has 2 heterocycles. The van der Waals surface area contributed by atoms with E-state index in [1.807, 2.05) is 66.7 Å². The second-order valence-electron chi connectivity index (χ2n) is 8.44. The summed E-state index contributed by atoms with van der Waals surface area (Å²) in [5, 5.41) is 4.26. The first-order valence-electron chi connectivity index (χ1n) is 11.3. The van der Waals surface area contributed by atoms with E-state index in [1.165, 1.54) is 4.57 Å². The van der Waals surface area contributed by atoms with Crippen molar-refractivity contribution in [2.24, 2.45) is 5.73 Å². The molecule has 1 atom stereocenters. The van der Waals surface area contributed by atoms with Crippen LogP contribution in [0.5, 0.6) is 0 Å². The highest BCUT2D eigenvalue weighted by Gasteiger charge is 2.24. The van der Waals surface area contributed by atoms with Gasteiger partial charge in [0.05, 0.1) is 23.1 Å². The molecule has 1 fully saturated rings. The van der Waals surface area contributed by atoms with E-state index in [4.69, 9.17) is 17.3 Å². The number of piperazine rings is 1. The maximum atomic E-state index is 13.9. The molecule has 174 valence electrons. The van der Waals surface area contributed by atoms with Gasteiger partial charge >= 0.3 is 5.69 Å². The molecule has 4 aromatic rings. The normalized spacial score (nSPS) is 14.9. The largest absolute Gasteiger partial charge is 0.368 e. The van der Waals surface area contributed by atoms with Gasteiger partial charge in [0, 0.05) is 31.2 Å². The van der Waals surface area contributed by atoms with Gasteiger partial charge in [-0.1, -0.05) is 72.3 Å². The fourth-order valence-electron chi connectivity index (χ4n) is 4.57. The number of nitrogens with two attached hydrogens (primary N) is 1. The first kappa shape index (κ1) is 22.4. The number of benzene rings is 3. The van der Waals surface area contributed by atoms with Crippen molar-refractivity contribution >= 4 is 28.2 Å². The lowest BCUT2D eigenvalue weighted by atomic mass is 10.1. The van der Waals surface area contributed by atoms with Crippen molar-refractivity contribution in [1.82, 2.24) is 14.5 Å². The Balaban J connectivity index is 1.82. The van der Waals surface area contributed by atoms with Crippen molar-refractivity contribution in [3.8, 4) is 0 Å². The van der Waals surface area contributed by atoms with Crippen LogP contribution < -0.4 is 27.2 Å². The average molecular weight is 476 g/mol. The molecule has 1 aliphatic rings. The van der Waals surface area contributed by atoms with Crippen LogP contribution in [-0.4, -0.2) is 35.3 Å². The zero-order valence-electron chi connectivity index (χ0n) is 18.7. The quantitative estimate of drug-likeness (QED) is 0.463. The smallest absolute Gasteiger partial charge is 0.333 e. The van der Waals surface area contributed by atoms with Gasteiger partial charge in [0.25, 0.3) is 5.56 Å². The van der Waals surface area contributed by atoms with Crippen molar-refractivity contribution in [2.45, 2.75) is 12.7 Å². The van der Waals surface area contributed by atoms with Crippen molar-refractivity contribution in [3.05, 3.63) is 110 Å². The summed E-state index contributed by atoms with van der Waals surface area (Å²) in [4.78, 5) is 29.9. The lowest BCUT2D eigenvalue weighted by Crippen LogP contribution is -2.47. The summed E-state index contributed by atoms with van der Waals surface area (Å²) >= 11 is 6.53. The highest BCUT2D eigenvalue weighted by atomic mass is 35.5. The lowest BCUT2D eigenvalue weighted by Gasteiger charge is -2.31. The molecule has 1 aliphatic heterocycles. The SMILES string of the molecule is N[C@H](c1ccccc1)n1c(=O)c2c(N3CCNCC3)cc(Cl)cc2n(Cc2ccccc2)c1=O. The van der Waals surface area contributed by atoms with Gasteiger partial charge in [0.2, 0.25) is 0 Å². The average Bonchev–Trinajstić information content (AvgIpc) is 2.87. The number of rotatable bonds is 5. The van der Waals surface area contributed by atoms with Crippen LogP contribution in [0.25, 0.3) is 10.9 Å². The van der Waals surface area contributed by atoms with Crippen LogP contribution in [0.2, 0.25) is 5.02 Å². The summed E-state index contributed by atoms with van der Waals surface area (Å²) in [7, 11) is 0. The van der Waals surface area contributed by atoms with Crippen LogP contribution in [0, 0.1) is 0 Å². The molecule has 0 radical (unpaired) electrons. The number of fused-ring (bicyclic) bond motifs is 1. The van der Waals surface area contributed by atoms with Gasteiger partial charge in [-0.15, -0.1) is 0 Å². The first-order chi connectivity index (χ1) is 16.5. The van der Waals surface area contributed by atoms with Crippen molar-refractivity contribution in [1.29, 1.82) is 0 Å². The van der Waals surface area contributed by atoms with E-state index in [0.717, 1.165) is 37.4 Å². The molecule has 5 rings (SSSR count). The summed E-state index contributed by atoms with van der Waals surface area (Å²) in [6.45, 7) is 3.36. The van der Waals surface area contributed by atoms with Crippen molar-refractivity contribution < 1.29 is 0 Å². The van der Waals surface area contributed by atoms with Gasteiger partial charge in [-0.2, -0.15) is 0 Å². The topological polar surface area (TPSA) is 85.3 Å². The third-order valence-corrected chi connectivity index (χ3v) is 6.50.